The first-order valence-corrected chi connectivity index (χ1v) is 9.30. The van der Waals surface area contributed by atoms with Crippen molar-refractivity contribution in [1.82, 2.24) is 9.80 Å². The molecule has 0 saturated carbocycles. The first-order valence-electron chi connectivity index (χ1n) is 6.37. The van der Waals surface area contributed by atoms with Gasteiger partial charge in [-0.15, -0.1) is 0 Å². The normalized spacial score (nSPS) is 9.37. The van der Waals surface area contributed by atoms with E-state index in [2.05, 4.69) is 67.5 Å². The van der Waals surface area contributed by atoms with E-state index < -0.39 is 0 Å². The van der Waals surface area contributed by atoms with Crippen molar-refractivity contribution in [3.8, 4) is 0 Å². The zero-order valence-corrected chi connectivity index (χ0v) is 21.1. The second-order valence-corrected chi connectivity index (χ2v) is 11.7. The van der Waals surface area contributed by atoms with Gasteiger partial charge in [0.15, 0.2) is 0 Å². The monoisotopic (exact) mass is 612 g/mol. The van der Waals surface area contributed by atoms with Gasteiger partial charge in [-0.2, -0.15) is 0 Å². The Morgan fingerprint density at radius 1 is 0.737 bits per heavy atom. The standard InChI is InChI=1S/C5H12.C4H9N.C3H9N.C3H6.2W/c1-5(2,3)4;1-4-5(2)3;1-4(2)3;1-3-2;;/h1-4H3;1-3H3;1-3H3;1-2H3;;. The van der Waals surface area contributed by atoms with Gasteiger partial charge in [-0.25, -0.2) is 0 Å². The van der Waals surface area contributed by atoms with Crippen molar-refractivity contribution in [2.45, 2.75) is 48.5 Å². The van der Waals surface area contributed by atoms with Gasteiger partial charge in [-0.05, 0) is 26.6 Å². The zero-order valence-electron chi connectivity index (χ0n) is 15.2. The molecule has 0 aliphatic rings. The molecule has 0 spiro atoms. The van der Waals surface area contributed by atoms with Crippen LogP contribution in [0.15, 0.2) is 0 Å². The van der Waals surface area contributed by atoms with E-state index in [1.807, 2.05) is 26.0 Å². The predicted octanol–water partition coefficient (Wildman–Crippen LogP) is 3.22. The molecule has 0 bridgehead atoms. The summed E-state index contributed by atoms with van der Waals surface area (Å²) in [7, 11) is 10.1. The van der Waals surface area contributed by atoms with Gasteiger partial charge in [0.2, 0.25) is 0 Å². The Balaban J connectivity index is -0.0000000803. The van der Waals surface area contributed by atoms with Crippen LogP contribution in [0.4, 0.5) is 0 Å². The van der Waals surface area contributed by atoms with Gasteiger partial charge in [0.1, 0.15) is 0 Å². The third-order valence-corrected chi connectivity index (χ3v) is 1.94. The molecule has 0 atom stereocenters. The fourth-order valence-electron chi connectivity index (χ4n) is 0. The molecule has 0 aromatic rings. The van der Waals surface area contributed by atoms with E-state index in [0.29, 0.717) is 5.41 Å². The summed E-state index contributed by atoms with van der Waals surface area (Å²) in [6.07, 6.45) is 0. The van der Waals surface area contributed by atoms with E-state index in [0.717, 1.165) is 0 Å². The van der Waals surface area contributed by atoms with E-state index in [1.165, 1.54) is 7.92 Å². The maximum atomic E-state index is 2.19. The van der Waals surface area contributed by atoms with Crippen molar-refractivity contribution in [3.63, 3.8) is 0 Å². The Morgan fingerprint density at radius 3 is 0.789 bits per heavy atom. The van der Waals surface area contributed by atoms with Crippen molar-refractivity contribution in [2.24, 2.45) is 5.41 Å². The number of rotatable bonds is 1. The quantitative estimate of drug-likeness (QED) is 0.450. The van der Waals surface area contributed by atoms with Crippen LogP contribution >= 0.6 is 0 Å². The summed E-state index contributed by atoms with van der Waals surface area (Å²) in [5, 5.41) is 0. The summed E-state index contributed by atoms with van der Waals surface area (Å²) in [4.78, 5) is 4.12. The molecule has 4 heteroatoms. The predicted molar refractivity (Wildman–Crippen MR) is 85.5 cm³/mol. The number of hydrogen-bond acceptors (Lipinski definition) is 2. The molecule has 0 aromatic heterocycles. The number of nitrogens with zero attached hydrogens (tertiary/aromatic N) is 2. The molecule has 19 heavy (non-hydrogen) atoms. The van der Waals surface area contributed by atoms with E-state index >= 15 is 0 Å². The van der Waals surface area contributed by atoms with Gasteiger partial charge in [0.25, 0.3) is 0 Å². The second-order valence-electron chi connectivity index (χ2n) is 6.66. The van der Waals surface area contributed by atoms with E-state index in [1.54, 1.807) is 38.7 Å². The van der Waals surface area contributed by atoms with E-state index in [9.17, 15) is 0 Å². The molecule has 0 aromatic carbocycles. The van der Waals surface area contributed by atoms with Crippen LogP contribution in [-0.2, 0) is 38.7 Å². The van der Waals surface area contributed by atoms with Crippen molar-refractivity contribution in [1.29, 1.82) is 0 Å². The Morgan fingerprint density at radius 2 is 0.789 bits per heavy atom. The van der Waals surface area contributed by atoms with Gasteiger partial charge in [-0.3, -0.25) is 0 Å². The third kappa shape index (κ3) is 218. The molecular formula is C15H36N2W2. The van der Waals surface area contributed by atoms with Crippen LogP contribution in [0.3, 0.4) is 0 Å². The van der Waals surface area contributed by atoms with Gasteiger partial charge >= 0.3 is 86.4 Å². The second kappa shape index (κ2) is 17.1. The topological polar surface area (TPSA) is 6.48 Å². The molecule has 0 rings (SSSR count). The molecule has 0 saturated heterocycles. The molecule has 0 aliphatic carbocycles. The van der Waals surface area contributed by atoms with Crippen molar-refractivity contribution >= 4 is 7.92 Å². The average molecular weight is 612 g/mol. The van der Waals surface area contributed by atoms with Crippen LogP contribution in [0.5, 0.6) is 0 Å². The first kappa shape index (κ1) is 28.2. The summed E-state index contributed by atoms with van der Waals surface area (Å²) in [5.74, 6) is 0. The molecule has 2 nitrogen and oxygen atoms in total. The fourth-order valence-corrected chi connectivity index (χ4v) is 0. The molecule has 0 radical (unpaired) electrons. The Bertz CT molecular complexity index is 204. The van der Waals surface area contributed by atoms with E-state index in [4.69, 9.17) is 0 Å². The molecular weight excluding hydrogens is 576 g/mol. The molecule has 0 heterocycles. The molecule has 0 aliphatic heterocycles. The minimum absolute atomic E-state index is 0.500. The first-order chi connectivity index (χ1) is 8.11. The minimum atomic E-state index is 0.500. The maximum absolute atomic E-state index is 2.19. The molecule has 0 fully saturated rings. The van der Waals surface area contributed by atoms with Crippen molar-refractivity contribution in [3.05, 3.63) is 0 Å². The Kier molecular flexibility index (Phi) is 25.4. The fraction of sp³-hybridized carbons (Fsp3) is 0.867. The number of hydrogen-bond donors (Lipinski definition) is 0. The summed E-state index contributed by atoms with van der Waals surface area (Å²) >= 11 is 3.14. The van der Waals surface area contributed by atoms with Crippen LogP contribution < -0.4 is 0 Å². The molecule has 0 amide bonds. The SMILES string of the molecule is CC(C)(C)C.CN(C)C.C[C](=[W])N(C)C.C[C](C)=[W]. The summed E-state index contributed by atoms with van der Waals surface area (Å²) in [6, 6.07) is 0. The summed E-state index contributed by atoms with van der Waals surface area (Å²) in [6.45, 7) is 15.1. The van der Waals surface area contributed by atoms with Crippen LogP contribution in [0.1, 0.15) is 48.5 Å². The molecule has 0 unspecified atom stereocenters. The molecule has 118 valence electrons. The van der Waals surface area contributed by atoms with Gasteiger partial charge in [0, 0.05) is 0 Å². The van der Waals surface area contributed by atoms with Crippen molar-refractivity contribution < 1.29 is 38.7 Å². The van der Waals surface area contributed by atoms with Gasteiger partial charge in [0.05, 0.1) is 0 Å². The molecule has 0 N–H and O–H groups in total. The Labute approximate surface area is 145 Å². The van der Waals surface area contributed by atoms with Gasteiger partial charge < -0.3 is 4.90 Å². The van der Waals surface area contributed by atoms with Crippen molar-refractivity contribution in [2.75, 3.05) is 35.2 Å². The zero-order chi connectivity index (χ0) is 16.8. The Hall–Kier alpha value is 1.04. The van der Waals surface area contributed by atoms with Crippen LogP contribution in [0, 0.1) is 5.41 Å². The summed E-state index contributed by atoms with van der Waals surface area (Å²) < 4.78 is 2.93. The van der Waals surface area contributed by atoms with E-state index in [-0.39, 0.29) is 0 Å². The van der Waals surface area contributed by atoms with Crippen LogP contribution in [0.2, 0.25) is 0 Å². The van der Waals surface area contributed by atoms with Crippen LogP contribution in [-0.4, -0.2) is 53.0 Å². The van der Waals surface area contributed by atoms with Gasteiger partial charge in [-0.1, -0.05) is 27.7 Å². The average Bonchev–Trinajstić information content (AvgIpc) is 1.96. The summed E-state index contributed by atoms with van der Waals surface area (Å²) in [5.41, 5.74) is 0.500. The van der Waals surface area contributed by atoms with Crippen LogP contribution in [0.25, 0.3) is 0 Å². The third-order valence-electron chi connectivity index (χ3n) is 0.630.